The second-order valence-corrected chi connectivity index (χ2v) is 4.64. The summed E-state index contributed by atoms with van der Waals surface area (Å²) in [5, 5.41) is 0. The number of hydrogen-bond donors (Lipinski definition) is 0. The van der Waals surface area contributed by atoms with Gasteiger partial charge in [-0.15, -0.1) is 0 Å². The first-order chi connectivity index (χ1) is 10.1. The zero-order valence-corrected chi connectivity index (χ0v) is 12.2. The number of nitrogens with zero attached hydrogens (tertiary/aromatic N) is 1. The van der Waals surface area contributed by atoms with Crippen molar-refractivity contribution >= 4 is 5.97 Å². The van der Waals surface area contributed by atoms with Gasteiger partial charge in [-0.1, -0.05) is 0 Å². The number of rotatable bonds is 5. The van der Waals surface area contributed by atoms with Gasteiger partial charge in [-0.3, -0.25) is 4.98 Å². The molecule has 21 heavy (non-hydrogen) atoms. The first kappa shape index (κ1) is 14.8. The van der Waals surface area contributed by atoms with Crippen molar-refractivity contribution in [2.75, 3.05) is 7.11 Å². The summed E-state index contributed by atoms with van der Waals surface area (Å²) < 4.78 is 16.0. The first-order valence-corrected chi connectivity index (χ1v) is 6.56. The van der Waals surface area contributed by atoms with Crippen molar-refractivity contribution in [1.29, 1.82) is 0 Å². The van der Waals surface area contributed by atoms with Gasteiger partial charge in [0.1, 0.15) is 17.2 Å². The molecule has 0 amide bonds. The van der Waals surface area contributed by atoms with Crippen LogP contribution in [-0.4, -0.2) is 24.2 Å². The van der Waals surface area contributed by atoms with Crippen molar-refractivity contribution in [3.8, 4) is 17.2 Å². The summed E-state index contributed by atoms with van der Waals surface area (Å²) in [4.78, 5) is 15.7. The minimum absolute atomic E-state index is 0.0101. The summed E-state index contributed by atoms with van der Waals surface area (Å²) >= 11 is 0. The quantitative estimate of drug-likeness (QED) is 0.788. The fourth-order valence-corrected chi connectivity index (χ4v) is 1.75. The predicted octanol–water partition coefficient (Wildman–Crippen LogP) is 3.45. The van der Waals surface area contributed by atoms with E-state index in [-0.39, 0.29) is 6.10 Å². The molecule has 0 saturated carbocycles. The normalized spacial score (nSPS) is 10.3. The molecule has 1 aromatic heterocycles. The van der Waals surface area contributed by atoms with E-state index in [0.29, 0.717) is 22.8 Å². The van der Waals surface area contributed by atoms with Gasteiger partial charge >= 0.3 is 5.97 Å². The predicted molar refractivity (Wildman–Crippen MR) is 77.9 cm³/mol. The van der Waals surface area contributed by atoms with Gasteiger partial charge in [0.15, 0.2) is 0 Å². The lowest BCUT2D eigenvalue weighted by Crippen LogP contribution is -2.07. The van der Waals surface area contributed by atoms with Crippen LogP contribution in [0.2, 0.25) is 0 Å². The summed E-state index contributed by atoms with van der Waals surface area (Å²) in [6, 6.07) is 8.50. The summed E-state index contributed by atoms with van der Waals surface area (Å²) in [5.41, 5.74) is 0.370. The van der Waals surface area contributed by atoms with Crippen LogP contribution in [0.3, 0.4) is 0 Å². The van der Waals surface area contributed by atoms with Crippen molar-refractivity contribution in [3.05, 3.63) is 48.3 Å². The van der Waals surface area contributed by atoms with Crippen molar-refractivity contribution in [3.63, 3.8) is 0 Å². The molecule has 0 fully saturated rings. The second-order valence-electron chi connectivity index (χ2n) is 4.64. The Morgan fingerprint density at radius 2 is 1.90 bits per heavy atom. The molecular weight excluding hydrogens is 270 g/mol. The van der Waals surface area contributed by atoms with Gasteiger partial charge < -0.3 is 14.2 Å². The Bertz CT molecular complexity index is 611. The Morgan fingerprint density at radius 3 is 2.52 bits per heavy atom. The van der Waals surface area contributed by atoms with E-state index in [4.69, 9.17) is 14.2 Å². The molecule has 0 radical (unpaired) electrons. The Balaban J connectivity index is 2.32. The highest BCUT2D eigenvalue weighted by atomic mass is 16.5. The maximum atomic E-state index is 11.7. The number of esters is 1. The SMILES string of the molecule is COC(=O)c1cc(Oc2cccnc2)cc(OC(C)C)c1. The molecule has 1 heterocycles. The van der Waals surface area contributed by atoms with E-state index in [2.05, 4.69) is 4.98 Å². The molecule has 0 bridgehead atoms. The Kier molecular flexibility index (Phi) is 4.77. The van der Waals surface area contributed by atoms with Gasteiger partial charge in [0.25, 0.3) is 0 Å². The second kappa shape index (κ2) is 6.74. The van der Waals surface area contributed by atoms with Crippen LogP contribution < -0.4 is 9.47 Å². The fourth-order valence-electron chi connectivity index (χ4n) is 1.75. The number of carbonyl (C=O) groups is 1. The highest BCUT2D eigenvalue weighted by Crippen LogP contribution is 2.28. The maximum absolute atomic E-state index is 11.7. The standard InChI is InChI=1S/C16H17NO4/c1-11(2)20-14-7-12(16(18)19-3)8-15(9-14)21-13-5-4-6-17-10-13/h4-11H,1-3H3. The Labute approximate surface area is 123 Å². The third-order valence-electron chi connectivity index (χ3n) is 2.54. The minimum atomic E-state index is -0.444. The molecule has 0 aliphatic heterocycles. The van der Waals surface area contributed by atoms with E-state index >= 15 is 0 Å². The van der Waals surface area contributed by atoms with E-state index in [0.717, 1.165) is 0 Å². The molecule has 0 saturated heterocycles. The Hall–Kier alpha value is -2.56. The fraction of sp³-hybridized carbons (Fsp3) is 0.250. The summed E-state index contributed by atoms with van der Waals surface area (Å²) in [7, 11) is 1.33. The van der Waals surface area contributed by atoms with Crippen molar-refractivity contribution in [1.82, 2.24) is 4.98 Å². The smallest absolute Gasteiger partial charge is 0.338 e. The Morgan fingerprint density at radius 1 is 1.14 bits per heavy atom. The molecule has 5 nitrogen and oxygen atoms in total. The molecule has 2 aromatic rings. The highest BCUT2D eigenvalue weighted by molar-refractivity contribution is 5.90. The van der Waals surface area contributed by atoms with Crippen LogP contribution >= 0.6 is 0 Å². The van der Waals surface area contributed by atoms with Gasteiger partial charge in [-0.2, -0.15) is 0 Å². The van der Waals surface area contributed by atoms with Crippen LogP contribution in [-0.2, 0) is 4.74 Å². The van der Waals surface area contributed by atoms with Gasteiger partial charge in [0, 0.05) is 12.3 Å². The van der Waals surface area contributed by atoms with Crippen LogP contribution in [0, 0.1) is 0 Å². The average Bonchev–Trinajstić information content (AvgIpc) is 2.46. The van der Waals surface area contributed by atoms with Gasteiger partial charge in [0.2, 0.25) is 0 Å². The number of carbonyl (C=O) groups excluding carboxylic acids is 1. The molecule has 1 aromatic carbocycles. The zero-order valence-electron chi connectivity index (χ0n) is 12.2. The molecule has 0 aliphatic rings. The summed E-state index contributed by atoms with van der Waals surface area (Å²) in [6.07, 6.45) is 3.24. The van der Waals surface area contributed by atoms with Crippen molar-refractivity contribution < 1.29 is 19.0 Å². The lowest BCUT2D eigenvalue weighted by Gasteiger charge is -2.13. The van der Waals surface area contributed by atoms with E-state index in [1.165, 1.54) is 7.11 Å². The van der Waals surface area contributed by atoms with Crippen LogP contribution in [0.5, 0.6) is 17.2 Å². The molecule has 0 N–H and O–H groups in total. The topological polar surface area (TPSA) is 57.7 Å². The molecular formula is C16H17NO4. The van der Waals surface area contributed by atoms with E-state index < -0.39 is 5.97 Å². The van der Waals surface area contributed by atoms with Gasteiger partial charge in [0.05, 0.1) is 25.0 Å². The number of ether oxygens (including phenoxy) is 3. The number of aromatic nitrogens is 1. The molecule has 110 valence electrons. The van der Waals surface area contributed by atoms with Crippen LogP contribution in [0.4, 0.5) is 0 Å². The monoisotopic (exact) mass is 287 g/mol. The third-order valence-corrected chi connectivity index (χ3v) is 2.54. The molecule has 2 rings (SSSR count). The lowest BCUT2D eigenvalue weighted by molar-refractivity contribution is 0.0599. The van der Waals surface area contributed by atoms with Crippen LogP contribution in [0.15, 0.2) is 42.7 Å². The highest BCUT2D eigenvalue weighted by Gasteiger charge is 2.12. The average molecular weight is 287 g/mol. The van der Waals surface area contributed by atoms with E-state index in [1.54, 1.807) is 42.7 Å². The first-order valence-electron chi connectivity index (χ1n) is 6.56. The molecule has 5 heteroatoms. The number of pyridine rings is 1. The number of hydrogen-bond acceptors (Lipinski definition) is 5. The number of benzene rings is 1. The summed E-state index contributed by atoms with van der Waals surface area (Å²) in [5.74, 6) is 1.17. The largest absolute Gasteiger partial charge is 0.491 e. The van der Waals surface area contributed by atoms with Crippen molar-refractivity contribution in [2.45, 2.75) is 20.0 Å². The summed E-state index contributed by atoms with van der Waals surface area (Å²) in [6.45, 7) is 3.82. The minimum Gasteiger partial charge on any atom is -0.491 e. The van der Waals surface area contributed by atoms with Crippen LogP contribution in [0.25, 0.3) is 0 Å². The number of methoxy groups -OCH3 is 1. The van der Waals surface area contributed by atoms with Gasteiger partial charge in [-0.05, 0) is 38.1 Å². The molecule has 0 spiro atoms. The van der Waals surface area contributed by atoms with Crippen molar-refractivity contribution in [2.24, 2.45) is 0 Å². The molecule has 0 unspecified atom stereocenters. The van der Waals surface area contributed by atoms with E-state index in [1.807, 2.05) is 13.8 Å². The molecule has 0 aliphatic carbocycles. The maximum Gasteiger partial charge on any atom is 0.338 e. The molecule has 0 atom stereocenters. The van der Waals surface area contributed by atoms with E-state index in [9.17, 15) is 4.79 Å². The van der Waals surface area contributed by atoms with Gasteiger partial charge in [-0.25, -0.2) is 4.79 Å². The lowest BCUT2D eigenvalue weighted by atomic mass is 10.2. The van der Waals surface area contributed by atoms with Crippen LogP contribution in [0.1, 0.15) is 24.2 Å². The zero-order chi connectivity index (χ0) is 15.2. The third kappa shape index (κ3) is 4.21.